The Labute approximate surface area is 161 Å². The lowest BCUT2D eigenvalue weighted by molar-refractivity contribution is -0.135. The molecule has 2 aliphatic rings. The molecule has 7 nitrogen and oxygen atoms in total. The topological polar surface area (TPSA) is 81.5 Å². The fourth-order valence-corrected chi connectivity index (χ4v) is 4.14. The Balaban J connectivity index is 1.28. The molecule has 0 radical (unpaired) electrons. The average molecular weight is 379 g/mol. The lowest BCUT2D eigenvalue weighted by Crippen LogP contribution is -2.45. The van der Waals surface area contributed by atoms with Crippen molar-refractivity contribution in [3.05, 3.63) is 64.8 Å². The Morgan fingerprint density at radius 3 is 2.46 bits per heavy atom. The van der Waals surface area contributed by atoms with Gasteiger partial charge in [-0.05, 0) is 43.4 Å². The number of benzene rings is 1. The minimum atomic E-state index is -0.487. The van der Waals surface area contributed by atoms with Crippen LogP contribution in [0.25, 0.3) is 11.7 Å². The highest BCUT2D eigenvalue weighted by Crippen LogP contribution is 2.50. The minimum Gasteiger partial charge on any atom is -0.459 e. The van der Waals surface area contributed by atoms with Gasteiger partial charge in [0.05, 0.1) is 17.7 Å². The maximum Gasteiger partial charge on any atom is 0.437 e. The van der Waals surface area contributed by atoms with E-state index in [-0.39, 0.29) is 23.3 Å². The standard InChI is InChI=1S/C21H21N3O4/c25-19(21(10-11-21)15-5-2-1-3-6-15)23-12-8-16(9-13-23)24-20(26)28-18(22-24)17-7-4-14-27-17/h1-7,14,16H,8-13H2. The summed E-state index contributed by atoms with van der Waals surface area (Å²) in [6.07, 6.45) is 4.69. The van der Waals surface area contributed by atoms with Gasteiger partial charge in [-0.3, -0.25) is 4.79 Å². The van der Waals surface area contributed by atoms with Crippen LogP contribution in [0, 0.1) is 0 Å². The highest BCUT2D eigenvalue weighted by Gasteiger charge is 2.53. The fraction of sp³-hybridized carbons (Fsp3) is 0.381. The van der Waals surface area contributed by atoms with Crippen molar-refractivity contribution in [3.63, 3.8) is 0 Å². The summed E-state index contributed by atoms with van der Waals surface area (Å²) in [4.78, 5) is 27.3. The smallest absolute Gasteiger partial charge is 0.437 e. The van der Waals surface area contributed by atoms with Crippen molar-refractivity contribution in [2.45, 2.75) is 37.1 Å². The molecule has 28 heavy (non-hydrogen) atoms. The molecule has 7 heteroatoms. The van der Waals surface area contributed by atoms with Crippen LogP contribution in [0.5, 0.6) is 0 Å². The second-order valence-electron chi connectivity index (χ2n) is 7.57. The number of hydrogen-bond acceptors (Lipinski definition) is 5. The monoisotopic (exact) mass is 379 g/mol. The minimum absolute atomic E-state index is 0.0732. The molecule has 1 amide bonds. The van der Waals surface area contributed by atoms with Crippen LogP contribution in [0.3, 0.4) is 0 Å². The number of carbonyl (C=O) groups excluding carboxylic acids is 1. The van der Waals surface area contributed by atoms with E-state index in [1.165, 1.54) is 10.9 Å². The van der Waals surface area contributed by atoms with Gasteiger partial charge in [-0.15, -0.1) is 5.10 Å². The maximum absolute atomic E-state index is 13.2. The summed E-state index contributed by atoms with van der Waals surface area (Å²) in [5.74, 6) is 0.344. The van der Waals surface area contributed by atoms with Crippen molar-refractivity contribution in [3.8, 4) is 11.7 Å². The molecular formula is C21H21N3O4. The number of hydrogen-bond donors (Lipinski definition) is 0. The number of rotatable bonds is 4. The molecule has 0 unspecified atom stereocenters. The molecule has 3 heterocycles. The van der Waals surface area contributed by atoms with Gasteiger partial charge in [0.25, 0.3) is 5.89 Å². The summed E-state index contributed by atoms with van der Waals surface area (Å²) in [5, 5.41) is 4.29. The largest absolute Gasteiger partial charge is 0.459 e. The zero-order chi connectivity index (χ0) is 19.1. The van der Waals surface area contributed by atoms with Crippen LogP contribution in [0.4, 0.5) is 0 Å². The molecule has 0 N–H and O–H groups in total. The van der Waals surface area contributed by atoms with Crippen LogP contribution in [-0.2, 0) is 10.2 Å². The first kappa shape index (κ1) is 17.0. The van der Waals surface area contributed by atoms with Gasteiger partial charge in [-0.2, -0.15) is 4.68 Å². The van der Waals surface area contributed by atoms with Crippen LogP contribution < -0.4 is 5.76 Å². The van der Waals surface area contributed by atoms with Crippen molar-refractivity contribution in [2.75, 3.05) is 13.1 Å². The molecular weight excluding hydrogens is 358 g/mol. The van der Waals surface area contributed by atoms with Crippen molar-refractivity contribution in [2.24, 2.45) is 0 Å². The normalized spacial score (nSPS) is 18.9. The van der Waals surface area contributed by atoms with E-state index in [0.29, 0.717) is 31.7 Å². The van der Waals surface area contributed by atoms with Gasteiger partial charge in [0.15, 0.2) is 5.76 Å². The number of nitrogens with zero attached hydrogens (tertiary/aromatic N) is 3. The third-order valence-electron chi connectivity index (χ3n) is 5.88. The second-order valence-corrected chi connectivity index (χ2v) is 7.57. The predicted molar refractivity (Wildman–Crippen MR) is 101 cm³/mol. The number of likely N-dealkylation sites (tertiary alicyclic amines) is 1. The summed E-state index contributed by atoms with van der Waals surface area (Å²) in [5.41, 5.74) is 0.767. The maximum atomic E-state index is 13.2. The third-order valence-corrected chi connectivity index (χ3v) is 5.88. The fourth-order valence-electron chi connectivity index (χ4n) is 4.14. The summed E-state index contributed by atoms with van der Waals surface area (Å²) >= 11 is 0. The van der Waals surface area contributed by atoms with Gasteiger partial charge in [0.2, 0.25) is 5.91 Å². The second kappa shape index (κ2) is 6.51. The van der Waals surface area contributed by atoms with Gasteiger partial charge >= 0.3 is 5.76 Å². The van der Waals surface area contributed by atoms with Crippen LogP contribution in [0.1, 0.15) is 37.3 Å². The number of furan rings is 1. The van der Waals surface area contributed by atoms with E-state index in [0.717, 1.165) is 18.4 Å². The summed E-state index contributed by atoms with van der Waals surface area (Å²) in [7, 11) is 0. The quantitative estimate of drug-likeness (QED) is 0.696. The Morgan fingerprint density at radius 2 is 1.82 bits per heavy atom. The van der Waals surface area contributed by atoms with Crippen LogP contribution in [0.15, 0.2) is 62.4 Å². The molecule has 2 aromatic heterocycles. The zero-order valence-electron chi connectivity index (χ0n) is 15.4. The molecule has 0 atom stereocenters. The number of piperidine rings is 1. The van der Waals surface area contributed by atoms with Gasteiger partial charge in [0.1, 0.15) is 0 Å². The van der Waals surface area contributed by atoms with E-state index < -0.39 is 5.76 Å². The molecule has 2 fully saturated rings. The summed E-state index contributed by atoms with van der Waals surface area (Å²) < 4.78 is 11.9. The Bertz CT molecular complexity index is 1020. The first-order valence-electron chi connectivity index (χ1n) is 9.66. The highest BCUT2D eigenvalue weighted by molar-refractivity contribution is 5.91. The number of carbonyl (C=O) groups is 1. The van der Waals surface area contributed by atoms with E-state index >= 15 is 0 Å². The average Bonchev–Trinajstić information content (AvgIpc) is 3.18. The molecule has 1 aliphatic carbocycles. The number of amides is 1. The molecule has 1 saturated carbocycles. The van der Waals surface area contributed by atoms with Crippen molar-refractivity contribution < 1.29 is 13.6 Å². The Hall–Kier alpha value is -3.09. The lowest BCUT2D eigenvalue weighted by Gasteiger charge is -2.34. The Kier molecular flexibility index (Phi) is 3.96. The van der Waals surface area contributed by atoms with E-state index in [1.54, 1.807) is 12.1 Å². The first-order valence-corrected chi connectivity index (χ1v) is 9.66. The number of aromatic nitrogens is 2. The van der Waals surface area contributed by atoms with Crippen LogP contribution in [0.2, 0.25) is 0 Å². The van der Waals surface area contributed by atoms with Crippen molar-refractivity contribution in [1.82, 2.24) is 14.7 Å². The molecule has 0 bridgehead atoms. The van der Waals surface area contributed by atoms with Crippen LogP contribution in [-0.4, -0.2) is 33.7 Å². The summed E-state index contributed by atoms with van der Waals surface area (Å²) in [6.45, 7) is 1.24. The summed E-state index contributed by atoms with van der Waals surface area (Å²) in [6, 6.07) is 13.4. The molecule has 1 saturated heterocycles. The third kappa shape index (κ3) is 2.78. The Morgan fingerprint density at radius 1 is 1.07 bits per heavy atom. The van der Waals surface area contributed by atoms with Gasteiger partial charge in [0, 0.05) is 13.1 Å². The SMILES string of the molecule is O=C(N1CCC(n2nc(-c3ccco3)oc2=O)CC1)C1(c2ccccc2)CC1. The molecule has 0 spiro atoms. The zero-order valence-corrected chi connectivity index (χ0v) is 15.4. The van der Waals surface area contributed by atoms with E-state index in [4.69, 9.17) is 8.83 Å². The predicted octanol–water partition coefficient (Wildman–Crippen LogP) is 2.99. The molecule has 1 aliphatic heterocycles. The highest BCUT2D eigenvalue weighted by atomic mass is 16.4. The molecule has 144 valence electrons. The van der Waals surface area contributed by atoms with Crippen molar-refractivity contribution >= 4 is 5.91 Å². The first-order chi connectivity index (χ1) is 13.7. The van der Waals surface area contributed by atoms with E-state index in [2.05, 4.69) is 5.10 Å². The van der Waals surface area contributed by atoms with Gasteiger partial charge in [-0.25, -0.2) is 4.79 Å². The van der Waals surface area contributed by atoms with E-state index in [9.17, 15) is 9.59 Å². The van der Waals surface area contributed by atoms with Gasteiger partial charge < -0.3 is 13.7 Å². The molecule has 3 aromatic rings. The van der Waals surface area contributed by atoms with Gasteiger partial charge in [-0.1, -0.05) is 30.3 Å². The van der Waals surface area contributed by atoms with E-state index in [1.807, 2.05) is 35.2 Å². The molecule has 5 rings (SSSR count). The lowest BCUT2D eigenvalue weighted by atomic mass is 9.93. The van der Waals surface area contributed by atoms with Crippen molar-refractivity contribution in [1.29, 1.82) is 0 Å². The molecule has 1 aromatic carbocycles. The van der Waals surface area contributed by atoms with Crippen LogP contribution >= 0.6 is 0 Å².